The molecular weight excluding hydrogens is 481 g/mol. The number of carboxylic acid groups (broad SMARTS) is 1. The lowest BCUT2D eigenvalue weighted by molar-refractivity contribution is -0.164. The van der Waals surface area contributed by atoms with Crippen LogP contribution in [-0.4, -0.2) is 34.3 Å². The number of carbonyl (C=O) groups excluding carboxylic acids is 3. The summed E-state index contributed by atoms with van der Waals surface area (Å²) in [6.07, 6.45) is 1.58. The summed E-state index contributed by atoms with van der Waals surface area (Å²) >= 11 is 12.1. The van der Waals surface area contributed by atoms with E-state index in [0.29, 0.717) is 17.0 Å². The van der Waals surface area contributed by atoms with E-state index < -0.39 is 35.7 Å². The van der Waals surface area contributed by atoms with Crippen molar-refractivity contribution < 1.29 is 29.0 Å². The number of halogens is 2. The van der Waals surface area contributed by atoms with Gasteiger partial charge in [-0.05, 0) is 62.6 Å². The number of ether oxygens (including phenoxy) is 1. The Kier molecular flexibility index (Phi) is 9.65. The number of hydrogen-bond donors (Lipinski definition) is 1. The standard InChI is InChI=1S/C25H27Cl2NO6/c1-4-5-11-25(2,3)34-24(33)21(29)14-22(30)28(15-16-9-10-19(26)20(27)12-16)18-8-6-7-17(13-18)23(31)32/h6-10,12-13H,4-5,11,14-15H2,1-3H3,(H,31,32). The van der Waals surface area contributed by atoms with Crippen LogP contribution in [-0.2, 0) is 25.7 Å². The molecule has 9 heteroatoms. The first-order chi connectivity index (χ1) is 15.9. The Balaban J connectivity index is 2.27. The Bertz CT molecular complexity index is 1080. The van der Waals surface area contributed by atoms with Crippen LogP contribution in [0.4, 0.5) is 5.69 Å². The molecule has 0 bridgehead atoms. The molecule has 0 spiro atoms. The molecular formula is C25H27Cl2NO6. The third kappa shape index (κ3) is 7.85. The number of esters is 1. The number of Topliss-reactive ketones (excluding diaryl/α,β-unsaturated/α-hetero) is 1. The Morgan fingerprint density at radius 1 is 1.03 bits per heavy atom. The van der Waals surface area contributed by atoms with Gasteiger partial charge in [0.1, 0.15) is 5.60 Å². The molecule has 7 nitrogen and oxygen atoms in total. The molecule has 34 heavy (non-hydrogen) atoms. The second kappa shape index (κ2) is 12.0. The van der Waals surface area contributed by atoms with Crippen LogP contribution in [0.5, 0.6) is 0 Å². The van der Waals surface area contributed by atoms with E-state index in [2.05, 4.69) is 0 Å². The molecule has 0 aliphatic heterocycles. The number of aromatic carboxylic acids is 1. The van der Waals surface area contributed by atoms with Crippen molar-refractivity contribution in [1.29, 1.82) is 0 Å². The Morgan fingerprint density at radius 3 is 2.35 bits per heavy atom. The summed E-state index contributed by atoms with van der Waals surface area (Å²) in [7, 11) is 0. The van der Waals surface area contributed by atoms with E-state index in [1.165, 1.54) is 23.1 Å². The quantitative estimate of drug-likeness (QED) is 0.238. The number of unbranched alkanes of at least 4 members (excludes halogenated alkanes) is 1. The Hall–Kier alpha value is -2.90. The molecule has 0 unspecified atom stereocenters. The molecule has 0 aliphatic carbocycles. The zero-order chi connectivity index (χ0) is 25.5. The van der Waals surface area contributed by atoms with E-state index in [1.54, 1.807) is 38.1 Å². The van der Waals surface area contributed by atoms with Gasteiger partial charge >= 0.3 is 11.9 Å². The van der Waals surface area contributed by atoms with Crippen LogP contribution in [0.2, 0.25) is 10.0 Å². The summed E-state index contributed by atoms with van der Waals surface area (Å²) in [5.74, 6) is -3.92. The maximum atomic E-state index is 13.1. The van der Waals surface area contributed by atoms with Crippen molar-refractivity contribution in [3.8, 4) is 0 Å². The van der Waals surface area contributed by atoms with Crippen molar-refractivity contribution in [1.82, 2.24) is 0 Å². The van der Waals surface area contributed by atoms with E-state index >= 15 is 0 Å². The van der Waals surface area contributed by atoms with Gasteiger partial charge in [-0.25, -0.2) is 9.59 Å². The lowest BCUT2D eigenvalue weighted by atomic mass is 10.0. The zero-order valence-electron chi connectivity index (χ0n) is 19.3. The fourth-order valence-electron chi connectivity index (χ4n) is 3.22. The molecule has 2 aromatic carbocycles. The van der Waals surface area contributed by atoms with Gasteiger partial charge in [-0.15, -0.1) is 0 Å². The van der Waals surface area contributed by atoms with Crippen LogP contribution >= 0.6 is 23.2 Å². The van der Waals surface area contributed by atoms with Crippen molar-refractivity contribution in [3.63, 3.8) is 0 Å². The number of amides is 1. The Morgan fingerprint density at radius 2 is 1.74 bits per heavy atom. The second-order valence-electron chi connectivity index (χ2n) is 8.44. The van der Waals surface area contributed by atoms with E-state index in [1.807, 2.05) is 6.92 Å². The molecule has 2 rings (SSSR count). The molecule has 182 valence electrons. The summed E-state index contributed by atoms with van der Waals surface area (Å²) in [5.41, 5.74) is -0.0195. The number of hydrogen-bond acceptors (Lipinski definition) is 5. The van der Waals surface area contributed by atoms with Gasteiger partial charge in [0.15, 0.2) is 0 Å². The lowest BCUT2D eigenvalue weighted by Gasteiger charge is -2.25. The normalized spacial score (nSPS) is 11.1. The van der Waals surface area contributed by atoms with E-state index in [0.717, 1.165) is 12.8 Å². The number of rotatable bonds is 11. The molecule has 2 aromatic rings. The first kappa shape index (κ1) is 27.3. The van der Waals surface area contributed by atoms with E-state index in [-0.39, 0.29) is 22.8 Å². The summed E-state index contributed by atoms with van der Waals surface area (Å²) in [4.78, 5) is 50.6. The minimum Gasteiger partial charge on any atom is -0.478 e. The van der Waals surface area contributed by atoms with Crippen molar-refractivity contribution >= 4 is 52.5 Å². The highest BCUT2D eigenvalue weighted by molar-refractivity contribution is 6.42. The summed E-state index contributed by atoms with van der Waals surface area (Å²) < 4.78 is 5.32. The average molecular weight is 508 g/mol. The molecule has 0 atom stereocenters. The third-order valence-electron chi connectivity index (χ3n) is 5.07. The fraction of sp³-hybridized carbons (Fsp3) is 0.360. The molecule has 1 amide bonds. The van der Waals surface area contributed by atoms with Crippen molar-refractivity contribution in [2.75, 3.05) is 4.90 Å². The third-order valence-corrected chi connectivity index (χ3v) is 5.81. The fourth-order valence-corrected chi connectivity index (χ4v) is 3.54. The van der Waals surface area contributed by atoms with Gasteiger partial charge in [-0.2, -0.15) is 0 Å². The molecule has 0 radical (unpaired) electrons. The largest absolute Gasteiger partial charge is 0.478 e. The number of carboxylic acids is 1. The second-order valence-corrected chi connectivity index (χ2v) is 9.25. The van der Waals surface area contributed by atoms with Crippen molar-refractivity contribution in [3.05, 3.63) is 63.6 Å². The monoisotopic (exact) mass is 507 g/mol. The van der Waals surface area contributed by atoms with Crippen LogP contribution in [0.15, 0.2) is 42.5 Å². The first-order valence-electron chi connectivity index (χ1n) is 10.8. The van der Waals surface area contributed by atoms with E-state index in [4.69, 9.17) is 27.9 Å². The highest BCUT2D eigenvalue weighted by Gasteiger charge is 2.29. The van der Waals surface area contributed by atoms with Gasteiger partial charge < -0.3 is 14.7 Å². The SMILES string of the molecule is CCCCC(C)(C)OC(=O)C(=O)CC(=O)N(Cc1ccc(Cl)c(Cl)c1)c1cccc(C(=O)O)c1. The smallest absolute Gasteiger partial charge is 0.375 e. The molecule has 1 N–H and O–H groups in total. The predicted octanol–water partition coefficient (Wildman–Crippen LogP) is 5.70. The maximum absolute atomic E-state index is 13.1. The van der Waals surface area contributed by atoms with Gasteiger partial charge in [0.25, 0.3) is 0 Å². The summed E-state index contributed by atoms with van der Waals surface area (Å²) in [6.45, 7) is 5.40. The molecule has 0 aliphatic rings. The van der Waals surface area contributed by atoms with Gasteiger partial charge in [0.05, 0.1) is 28.6 Å². The average Bonchev–Trinajstić information content (AvgIpc) is 2.78. The Labute approximate surface area is 208 Å². The van der Waals surface area contributed by atoms with Crippen molar-refractivity contribution in [2.45, 2.75) is 58.6 Å². The van der Waals surface area contributed by atoms with E-state index in [9.17, 15) is 24.3 Å². The van der Waals surface area contributed by atoms with Gasteiger partial charge in [0.2, 0.25) is 11.7 Å². The number of anilines is 1. The number of carbonyl (C=O) groups is 4. The molecule has 0 saturated carbocycles. The minimum atomic E-state index is -1.17. The number of nitrogens with zero attached hydrogens (tertiary/aromatic N) is 1. The van der Waals surface area contributed by atoms with Gasteiger partial charge in [-0.3, -0.25) is 9.59 Å². The topological polar surface area (TPSA) is 101 Å². The van der Waals surface area contributed by atoms with Crippen LogP contribution in [0.3, 0.4) is 0 Å². The number of benzene rings is 2. The van der Waals surface area contributed by atoms with Crippen LogP contribution in [0.1, 0.15) is 62.4 Å². The molecule has 0 saturated heterocycles. The minimum absolute atomic E-state index is 0.0247. The van der Waals surface area contributed by atoms with Crippen molar-refractivity contribution in [2.24, 2.45) is 0 Å². The molecule has 0 aromatic heterocycles. The molecule has 0 heterocycles. The van der Waals surface area contributed by atoms with Crippen LogP contribution < -0.4 is 4.90 Å². The summed E-state index contributed by atoms with van der Waals surface area (Å²) in [5, 5.41) is 9.93. The lowest BCUT2D eigenvalue weighted by Crippen LogP contribution is -2.36. The van der Waals surface area contributed by atoms with Gasteiger partial charge in [-0.1, -0.05) is 48.7 Å². The summed E-state index contributed by atoms with van der Waals surface area (Å²) in [6, 6.07) is 10.5. The highest BCUT2D eigenvalue weighted by Crippen LogP contribution is 2.26. The maximum Gasteiger partial charge on any atom is 0.375 e. The van der Waals surface area contributed by atoms with Crippen LogP contribution in [0.25, 0.3) is 0 Å². The molecule has 0 fully saturated rings. The van der Waals surface area contributed by atoms with Crippen LogP contribution in [0, 0.1) is 0 Å². The highest BCUT2D eigenvalue weighted by atomic mass is 35.5. The number of ketones is 1. The van der Waals surface area contributed by atoms with Gasteiger partial charge in [0, 0.05) is 5.69 Å². The zero-order valence-corrected chi connectivity index (χ0v) is 20.8. The first-order valence-corrected chi connectivity index (χ1v) is 11.5. The predicted molar refractivity (Wildman–Crippen MR) is 130 cm³/mol.